The van der Waals surface area contributed by atoms with Crippen molar-refractivity contribution in [3.05, 3.63) is 0 Å². The van der Waals surface area contributed by atoms with Gasteiger partial charge < -0.3 is 14.6 Å². The lowest BCUT2D eigenvalue weighted by Gasteiger charge is -2.65. The summed E-state index contributed by atoms with van der Waals surface area (Å²) in [6, 6.07) is 0. The quantitative estimate of drug-likeness (QED) is 0.467. The molecule has 1 heterocycles. The average Bonchev–Trinajstić information content (AvgIpc) is 3.26. The maximum atomic E-state index is 14.0. The maximum Gasteiger partial charge on any atom is 0.302 e. The van der Waals surface area contributed by atoms with E-state index in [4.69, 9.17) is 9.47 Å². The fraction of sp³-hybridized carbons (Fsp3) is 0.935. The van der Waals surface area contributed by atoms with Crippen LogP contribution in [0.25, 0.3) is 0 Å². The zero-order valence-corrected chi connectivity index (χ0v) is 23.3. The third-order valence-corrected chi connectivity index (χ3v) is 13.3. The van der Waals surface area contributed by atoms with Crippen molar-refractivity contribution in [2.75, 3.05) is 0 Å². The van der Waals surface area contributed by atoms with Gasteiger partial charge in [0.2, 0.25) is 0 Å². The average molecular weight is 501 g/mol. The van der Waals surface area contributed by atoms with E-state index in [1.807, 2.05) is 0 Å². The fourth-order valence-electron chi connectivity index (χ4n) is 11.3. The summed E-state index contributed by atoms with van der Waals surface area (Å²) < 4.78 is 12.6. The van der Waals surface area contributed by atoms with Crippen LogP contribution in [0.2, 0.25) is 0 Å². The first-order valence-corrected chi connectivity index (χ1v) is 15.0. The molecular weight excluding hydrogens is 452 g/mol. The van der Waals surface area contributed by atoms with Crippen molar-refractivity contribution in [1.29, 1.82) is 0 Å². The Morgan fingerprint density at radius 2 is 1.69 bits per heavy atom. The second-order valence-corrected chi connectivity index (χ2v) is 14.7. The van der Waals surface area contributed by atoms with E-state index in [0.29, 0.717) is 35.7 Å². The Morgan fingerprint density at radius 3 is 2.36 bits per heavy atom. The molecule has 5 nitrogen and oxygen atoms in total. The smallest absolute Gasteiger partial charge is 0.302 e. The van der Waals surface area contributed by atoms with Crippen LogP contribution in [0, 0.1) is 52.3 Å². The number of hydrogen-bond donors (Lipinski definition) is 1. The molecule has 0 bridgehead atoms. The Hall–Kier alpha value is -0.940. The van der Waals surface area contributed by atoms with Crippen molar-refractivity contribution >= 4 is 11.8 Å². The van der Waals surface area contributed by atoms with Gasteiger partial charge in [0.25, 0.3) is 0 Å². The van der Waals surface area contributed by atoms with Crippen molar-refractivity contribution in [2.45, 2.75) is 129 Å². The maximum absolute atomic E-state index is 14.0. The molecule has 0 aromatic heterocycles. The van der Waals surface area contributed by atoms with E-state index in [0.717, 1.165) is 31.6 Å². The highest BCUT2D eigenvalue weighted by molar-refractivity contribution is 5.91. The monoisotopic (exact) mass is 500 g/mol. The zero-order valence-electron chi connectivity index (χ0n) is 23.3. The Labute approximate surface area is 217 Å². The highest BCUT2D eigenvalue weighted by atomic mass is 16.5. The van der Waals surface area contributed by atoms with E-state index in [9.17, 15) is 14.7 Å². The van der Waals surface area contributed by atoms with Crippen molar-refractivity contribution in [3.8, 4) is 0 Å². The van der Waals surface area contributed by atoms with Crippen LogP contribution in [0.1, 0.15) is 106 Å². The van der Waals surface area contributed by atoms with Crippen molar-refractivity contribution in [2.24, 2.45) is 52.3 Å². The van der Waals surface area contributed by atoms with Gasteiger partial charge in [-0.05, 0) is 98.7 Å². The van der Waals surface area contributed by atoms with Crippen molar-refractivity contribution in [3.63, 3.8) is 0 Å². The van der Waals surface area contributed by atoms with Gasteiger partial charge in [-0.25, -0.2) is 0 Å². The summed E-state index contributed by atoms with van der Waals surface area (Å²) in [6.45, 7) is 13.1. The summed E-state index contributed by atoms with van der Waals surface area (Å²) in [7, 11) is 0. The van der Waals surface area contributed by atoms with Gasteiger partial charge >= 0.3 is 5.97 Å². The number of esters is 1. The van der Waals surface area contributed by atoms with E-state index in [1.54, 1.807) is 0 Å². The molecule has 11 atom stereocenters. The molecule has 8 unspecified atom stereocenters. The molecule has 0 amide bonds. The number of fused-ring (bicyclic) bond motifs is 7. The summed E-state index contributed by atoms with van der Waals surface area (Å²) in [5, 5.41) is 12.0. The van der Waals surface area contributed by atoms with Gasteiger partial charge in [-0.2, -0.15) is 0 Å². The number of ether oxygens (including phenoxy) is 2. The first-order chi connectivity index (χ1) is 16.9. The molecule has 5 heteroatoms. The van der Waals surface area contributed by atoms with Crippen LogP contribution >= 0.6 is 0 Å². The third kappa shape index (κ3) is 3.14. The number of aliphatic hydroxyl groups is 1. The number of carbonyl (C=O) groups excluding carboxylic acids is 2. The molecule has 1 spiro atoms. The largest absolute Gasteiger partial charge is 0.462 e. The standard InChI is InChI=1S/C31H48O5/c1-17-7-13-30(14-8-17)19(3)26-24(36-30)15-23-25-18(2)27(33)31(34)16-21(35-20(4)32)9-12-29(31,6)22(25)10-11-28(23,26)5/h17-19,21-26,34H,7-16H2,1-6H3/t17?,18-,19-,21?,22?,23?,24?,25?,26?,28?,29?,30?,31-/m0/s1. The molecule has 0 radical (unpaired) electrons. The first kappa shape index (κ1) is 25.3. The van der Waals surface area contributed by atoms with Crippen LogP contribution < -0.4 is 0 Å². The first-order valence-electron chi connectivity index (χ1n) is 15.0. The van der Waals surface area contributed by atoms with Gasteiger partial charge in [0.05, 0.1) is 11.7 Å². The summed E-state index contributed by atoms with van der Waals surface area (Å²) in [4.78, 5) is 25.7. The summed E-state index contributed by atoms with van der Waals surface area (Å²) in [5.41, 5.74) is -1.58. The molecular formula is C31H48O5. The second-order valence-electron chi connectivity index (χ2n) is 14.7. The summed E-state index contributed by atoms with van der Waals surface area (Å²) >= 11 is 0. The van der Waals surface area contributed by atoms with E-state index in [2.05, 4.69) is 34.6 Å². The van der Waals surface area contributed by atoms with Crippen LogP contribution in [-0.4, -0.2) is 40.3 Å². The van der Waals surface area contributed by atoms with Gasteiger partial charge in [0.15, 0.2) is 5.78 Å². The molecule has 0 aromatic rings. The molecule has 0 aromatic carbocycles. The molecule has 6 rings (SSSR count). The molecule has 1 N–H and O–H groups in total. The summed E-state index contributed by atoms with van der Waals surface area (Å²) in [5.74, 6) is 2.56. The van der Waals surface area contributed by atoms with Crippen LogP contribution in [0.15, 0.2) is 0 Å². The lowest BCUT2D eigenvalue weighted by atomic mass is 9.40. The summed E-state index contributed by atoms with van der Waals surface area (Å²) in [6.07, 6.45) is 9.98. The zero-order chi connectivity index (χ0) is 25.8. The normalized spacial score (nSPS) is 58.1. The van der Waals surface area contributed by atoms with E-state index >= 15 is 0 Å². The van der Waals surface area contributed by atoms with E-state index in [1.165, 1.54) is 39.0 Å². The molecule has 6 fully saturated rings. The molecule has 5 aliphatic carbocycles. The molecule has 1 aliphatic heterocycles. The lowest BCUT2D eigenvalue weighted by molar-refractivity contribution is -0.227. The van der Waals surface area contributed by atoms with Crippen LogP contribution in [0.5, 0.6) is 0 Å². The van der Waals surface area contributed by atoms with E-state index in [-0.39, 0.29) is 41.2 Å². The minimum atomic E-state index is -1.40. The van der Waals surface area contributed by atoms with Gasteiger partial charge in [0, 0.05) is 24.7 Å². The molecule has 1 saturated heterocycles. The minimum Gasteiger partial charge on any atom is -0.462 e. The van der Waals surface area contributed by atoms with Crippen LogP contribution in [-0.2, 0) is 19.1 Å². The topological polar surface area (TPSA) is 72.8 Å². The van der Waals surface area contributed by atoms with E-state index < -0.39 is 11.0 Å². The molecule has 202 valence electrons. The van der Waals surface area contributed by atoms with Crippen molar-refractivity contribution in [1.82, 2.24) is 0 Å². The Bertz CT molecular complexity index is 937. The predicted octanol–water partition coefficient (Wildman–Crippen LogP) is 5.71. The highest BCUT2D eigenvalue weighted by Crippen LogP contribution is 2.72. The minimum absolute atomic E-state index is 0.00360. The fourth-order valence-corrected chi connectivity index (χ4v) is 11.3. The number of carbonyl (C=O) groups is 2. The molecule has 36 heavy (non-hydrogen) atoms. The predicted molar refractivity (Wildman–Crippen MR) is 137 cm³/mol. The van der Waals surface area contributed by atoms with Gasteiger partial charge in [-0.3, -0.25) is 9.59 Å². The number of hydrogen-bond acceptors (Lipinski definition) is 5. The van der Waals surface area contributed by atoms with Gasteiger partial charge in [0.1, 0.15) is 11.7 Å². The Balaban J connectivity index is 1.30. The number of ketones is 1. The second kappa shape index (κ2) is 8.04. The SMILES string of the molecule is CC(=O)OC1CCC2(C)C3CCC4(C)C(CC5OC6(CCC(C)CC6)[C@@H](C)C54)C3[C@H](C)C(=O)[C@@]2(O)C1. The number of rotatable bonds is 1. The Kier molecular flexibility index (Phi) is 5.66. The van der Waals surface area contributed by atoms with Gasteiger partial charge in [-0.15, -0.1) is 0 Å². The third-order valence-electron chi connectivity index (χ3n) is 13.3. The number of Topliss-reactive ketones (excluding diaryl/α,β-unsaturated/α-hetero) is 1. The van der Waals surface area contributed by atoms with Crippen LogP contribution in [0.4, 0.5) is 0 Å². The van der Waals surface area contributed by atoms with Crippen LogP contribution in [0.3, 0.4) is 0 Å². The lowest BCUT2D eigenvalue weighted by Crippen LogP contribution is -2.69. The Morgan fingerprint density at radius 1 is 1.00 bits per heavy atom. The molecule has 5 saturated carbocycles. The molecule has 6 aliphatic rings. The van der Waals surface area contributed by atoms with Gasteiger partial charge in [-0.1, -0.05) is 34.6 Å². The highest BCUT2D eigenvalue weighted by Gasteiger charge is 2.73. The van der Waals surface area contributed by atoms with Crippen molar-refractivity contribution < 1.29 is 24.2 Å².